The molecule has 0 bridgehead atoms. The first-order valence-electron chi connectivity index (χ1n) is 13.8. The van der Waals surface area contributed by atoms with Crippen LogP contribution in [-0.2, 0) is 11.2 Å². The number of hydrogen-bond acceptors (Lipinski definition) is 3. The molecule has 3 nitrogen and oxygen atoms in total. The number of carbonyl (C=O) groups is 1. The third-order valence-electron chi connectivity index (χ3n) is 7.37. The van der Waals surface area contributed by atoms with E-state index in [1.807, 2.05) is 31.2 Å². The number of rotatable bonds is 15. The molecule has 0 unspecified atom stereocenters. The van der Waals surface area contributed by atoms with Crippen LogP contribution in [0.1, 0.15) is 110 Å². The normalized spacial score (nSPS) is 13.7. The Hall–Kier alpha value is -2.29. The van der Waals surface area contributed by atoms with Crippen LogP contribution in [0.4, 0.5) is 0 Å². The highest BCUT2D eigenvalue weighted by molar-refractivity contribution is 5.97. The maximum absolute atomic E-state index is 11.7. The van der Waals surface area contributed by atoms with Crippen LogP contribution in [0.3, 0.4) is 0 Å². The average molecular weight is 481 g/mol. The fourth-order valence-corrected chi connectivity index (χ4v) is 5.05. The summed E-state index contributed by atoms with van der Waals surface area (Å²) < 4.78 is 5.55. The maximum Gasteiger partial charge on any atom is 0.308 e. The van der Waals surface area contributed by atoms with Gasteiger partial charge in [-0.05, 0) is 50.5 Å². The van der Waals surface area contributed by atoms with Crippen LogP contribution in [0, 0.1) is 18.8 Å². The standard InChI is InChI=1S/C32H48O3/c1-7-8-9-14-23(2)15-12-16-24(3)17-13-18-25(4)21-22-28-26(5)32(35-27(6)33)30-20-11-10-19-29(30)31(28)34/h10-11,19-21,23-24,34H,7-9,12-18,22H2,1-6H3/b25-21+/t23-,24-/m1/s1. The average Bonchev–Trinajstić information content (AvgIpc) is 2.81. The topological polar surface area (TPSA) is 46.5 Å². The van der Waals surface area contributed by atoms with E-state index < -0.39 is 0 Å². The molecule has 0 radical (unpaired) electrons. The lowest BCUT2D eigenvalue weighted by Crippen LogP contribution is -2.05. The van der Waals surface area contributed by atoms with Gasteiger partial charge in [-0.25, -0.2) is 0 Å². The number of benzene rings is 2. The van der Waals surface area contributed by atoms with Crippen LogP contribution in [0.2, 0.25) is 0 Å². The number of fused-ring (bicyclic) bond motifs is 1. The number of allylic oxidation sites excluding steroid dienone is 2. The molecule has 1 N–H and O–H groups in total. The molecule has 0 amide bonds. The van der Waals surface area contributed by atoms with Crippen molar-refractivity contribution in [2.45, 2.75) is 112 Å². The van der Waals surface area contributed by atoms with E-state index >= 15 is 0 Å². The maximum atomic E-state index is 11.7. The van der Waals surface area contributed by atoms with Crippen LogP contribution in [0.15, 0.2) is 35.9 Å². The Morgan fingerprint density at radius 2 is 1.54 bits per heavy atom. The van der Waals surface area contributed by atoms with Crippen LogP contribution in [-0.4, -0.2) is 11.1 Å². The lowest BCUT2D eigenvalue weighted by molar-refractivity contribution is -0.131. The van der Waals surface area contributed by atoms with E-state index in [0.717, 1.165) is 40.2 Å². The van der Waals surface area contributed by atoms with Crippen molar-refractivity contribution in [3.05, 3.63) is 47.0 Å². The predicted molar refractivity (Wildman–Crippen MR) is 149 cm³/mol. The summed E-state index contributed by atoms with van der Waals surface area (Å²) in [7, 11) is 0. The summed E-state index contributed by atoms with van der Waals surface area (Å²) in [4.78, 5) is 11.7. The summed E-state index contributed by atoms with van der Waals surface area (Å²) in [5.74, 6) is 2.15. The first-order valence-corrected chi connectivity index (χ1v) is 13.8. The molecule has 0 aliphatic carbocycles. The van der Waals surface area contributed by atoms with E-state index in [0.29, 0.717) is 12.2 Å². The molecule has 2 aromatic carbocycles. The zero-order valence-electron chi connectivity index (χ0n) is 23.1. The number of ether oxygens (including phenoxy) is 1. The Labute approximate surface area is 214 Å². The number of carbonyl (C=O) groups excluding carboxylic acids is 1. The van der Waals surface area contributed by atoms with Gasteiger partial charge in [-0.1, -0.05) is 108 Å². The molecule has 2 rings (SSSR count). The third kappa shape index (κ3) is 9.35. The summed E-state index contributed by atoms with van der Waals surface area (Å²) in [6, 6.07) is 7.56. The predicted octanol–water partition coefficient (Wildman–Crippen LogP) is 9.46. The molecule has 0 aliphatic heterocycles. The van der Waals surface area contributed by atoms with Gasteiger partial charge in [0.15, 0.2) is 0 Å². The monoisotopic (exact) mass is 480 g/mol. The first-order chi connectivity index (χ1) is 16.7. The molecule has 0 aromatic heterocycles. The second-order valence-electron chi connectivity index (χ2n) is 10.7. The molecule has 2 aromatic rings. The summed E-state index contributed by atoms with van der Waals surface area (Å²) in [5, 5.41) is 12.5. The summed E-state index contributed by atoms with van der Waals surface area (Å²) in [5.41, 5.74) is 3.02. The summed E-state index contributed by atoms with van der Waals surface area (Å²) in [6.45, 7) is 12.6. The highest BCUT2D eigenvalue weighted by Gasteiger charge is 2.18. The fraction of sp³-hybridized carbons (Fsp3) is 0.594. The highest BCUT2D eigenvalue weighted by atomic mass is 16.5. The van der Waals surface area contributed by atoms with Crippen molar-refractivity contribution in [1.82, 2.24) is 0 Å². The van der Waals surface area contributed by atoms with Gasteiger partial charge in [0.2, 0.25) is 0 Å². The second-order valence-corrected chi connectivity index (χ2v) is 10.7. The third-order valence-corrected chi connectivity index (χ3v) is 7.37. The van der Waals surface area contributed by atoms with E-state index in [1.165, 1.54) is 70.3 Å². The molecule has 0 spiro atoms. The Morgan fingerprint density at radius 3 is 2.17 bits per heavy atom. The van der Waals surface area contributed by atoms with Crippen LogP contribution >= 0.6 is 0 Å². The van der Waals surface area contributed by atoms with Crippen LogP contribution in [0.25, 0.3) is 10.8 Å². The molecular formula is C32H48O3. The molecule has 0 aliphatic rings. The van der Waals surface area contributed by atoms with Crippen molar-refractivity contribution in [2.75, 3.05) is 0 Å². The van der Waals surface area contributed by atoms with E-state index in [2.05, 4.69) is 33.8 Å². The van der Waals surface area contributed by atoms with Gasteiger partial charge in [-0.15, -0.1) is 0 Å². The van der Waals surface area contributed by atoms with Gasteiger partial charge < -0.3 is 9.84 Å². The number of aromatic hydroxyl groups is 1. The number of unbranched alkanes of at least 4 members (excludes halogenated alkanes) is 2. The molecule has 3 heteroatoms. The van der Waals surface area contributed by atoms with Crippen LogP contribution in [0.5, 0.6) is 11.5 Å². The molecule has 0 heterocycles. The van der Waals surface area contributed by atoms with Crippen molar-refractivity contribution in [1.29, 1.82) is 0 Å². The number of phenolic OH excluding ortho intramolecular Hbond substituents is 1. The molecule has 0 saturated heterocycles. The van der Waals surface area contributed by atoms with Crippen molar-refractivity contribution in [2.24, 2.45) is 11.8 Å². The summed E-state index contributed by atoms with van der Waals surface area (Å²) in [6.07, 6.45) is 15.9. The van der Waals surface area contributed by atoms with Crippen molar-refractivity contribution in [3.8, 4) is 11.5 Å². The van der Waals surface area contributed by atoms with E-state index in [9.17, 15) is 9.90 Å². The Kier molecular flexibility index (Phi) is 12.4. The van der Waals surface area contributed by atoms with Gasteiger partial charge in [0.05, 0.1) is 0 Å². The number of phenols is 1. The lowest BCUT2D eigenvalue weighted by atomic mass is 9.92. The highest BCUT2D eigenvalue weighted by Crippen LogP contribution is 2.40. The zero-order valence-corrected chi connectivity index (χ0v) is 23.1. The van der Waals surface area contributed by atoms with Crippen molar-refractivity contribution in [3.63, 3.8) is 0 Å². The molecule has 2 atom stereocenters. The quantitative estimate of drug-likeness (QED) is 0.119. The van der Waals surface area contributed by atoms with Gasteiger partial charge in [-0.2, -0.15) is 0 Å². The minimum absolute atomic E-state index is 0.288. The van der Waals surface area contributed by atoms with Gasteiger partial charge >= 0.3 is 5.97 Å². The first kappa shape index (κ1) is 28.9. The van der Waals surface area contributed by atoms with Gasteiger partial charge in [0.1, 0.15) is 11.5 Å². The van der Waals surface area contributed by atoms with Crippen molar-refractivity contribution < 1.29 is 14.6 Å². The van der Waals surface area contributed by atoms with E-state index in [1.54, 1.807) is 0 Å². The Balaban J connectivity index is 1.88. The number of esters is 1. The zero-order chi connectivity index (χ0) is 25.8. The second kappa shape index (κ2) is 15.0. The Morgan fingerprint density at radius 1 is 0.943 bits per heavy atom. The SMILES string of the molecule is CCCCC[C@@H](C)CCC[C@@H](C)CCC/C(C)=C/Cc1c(C)c(OC(C)=O)c2ccccc2c1O. The van der Waals surface area contributed by atoms with Crippen LogP contribution < -0.4 is 4.74 Å². The molecular weight excluding hydrogens is 432 g/mol. The van der Waals surface area contributed by atoms with Crippen molar-refractivity contribution >= 4 is 16.7 Å². The molecule has 0 fully saturated rings. The molecule has 35 heavy (non-hydrogen) atoms. The Bertz CT molecular complexity index is 972. The molecule has 194 valence electrons. The van der Waals surface area contributed by atoms with Gasteiger partial charge in [0.25, 0.3) is 0 Å². The lowest BCUT2D eigenvalue weighted by Gasteiger charge is -2.16. The minimum atomic E-state index is -0.346. The number of hydrogen-bond donors (Lipinski definition) is 1. The van der Waals surface area contributed by atoms with E-state index in [-0.39, 0.29) is 11.7 Å². The molecule has 0 saturated carbocycles. The summed E-state index contributed by atoms with van der Waals surface area (Å²) >= 11 is 0. The smallest absolute Gasteiger partial charge is 0.308 e. The van der Waals surface area contributed by atoms with Gasteiger partial charge in [0, 0.05) is 23.3 Å². The fourth-order valence-electron chi connectivity index (χ4n) is 5.05. The minimum Gasteiger partial charge on any atom is -0.507 e. The largest absolute Gasteiger partial charge is 0.507 e. The van der Waals surface area contributed by atoms with Gasteiger partial charge in [-0.3, -0.25) is 4.79 Å². The van der Waals surface area contributed by atoms with E-state index in [4.69, 9.17) is 4.74 Å².